The smallest absolute Gasteiger partial charge is 0.339 e. The normalized spacial score (nSPS) is 11.0. The molecule has 6 heteroatoms. The first kappa shape index (κ1) is 13.6. The number of carboxylic acid groups (broad SMARTS) is 1. The Balaban J connectivity index is 1.91. The fourth-order valence-electron chi connectivity index (χ4n) is 2.17. The molecule has 0 unspecified atom stereocenters. The van der Waals surface area contributed by atoms with Crippen LogP contribution in [-0.4, -0.2) is 16.1 Å². The minimum absolute atomic E-state index is 0.181. The third-order valence-electron chi connectivity index (χ3n) is 3.27. The Labute approximate surface area is 124 Å². The summed E-state index contributed by atoms with van der Waals surface area (Å²) in [5.74, 6) is -0.0121. The van der Waals surface area contributed by atoms with E-state index in [-0.39, 0.29) is 5.56 Å². The number of aromatic carboxylic acids is 1. The molecule has 1 aromatic carbocycles. The Morgan fingerprint density at radius 2 is 2.24 bits per heavy atom. The Morgan fingerprint density at radius 3 is 2.90 bits per heavy atom. The van der Waals surface area contributed by atoms with Gasteiger partial charge in [0.1, 0.15) is 29.3 Å². The number of rotatable bonds is 4. The average Bonchev–Trinajstić information content (AvgIpc) is 2.98. The molecule has 2 aromatic heterocycles. The predicted molar refractivity (Wildman–Crippen MR) is 79.1 cm³/mol. The van der Waals surface area contributed by atoms with Gasteiger partial charge in [0.2, 0.25) is 0 Å². The van der Waals surface area contributed by atoms with E-state index in [1.54, 1.807) is 42.0 Å². The molecule has 108 valence electrons. The Morgan fingerprint density at radius 1 is 1.43 bits per heavy atom. The topological polar surface area (TPSA) is 72.6 Å². The fourth-order valence-corrected chi connectivity index (χ4v) is 2.76. The standard InChI is InChI=1S/C15H13NO4S/c1-8-14(15(17)18)11-5-10(3-4-13(11)20-8)19-6-12-9(2)21-7-16-12/h3-5,7H,6H2,1-2H3,(H,17,18). The van der Waals surface area contributed by atoms with Crippen LogP contribution in [0.5, 0.6) is 5.75 Å². The van der Waals surface area contributed by atoms with Crippen molar-refractivity contribution in [2.24, 2.45) is 0 Å². The molecule has 5 nitrogen and oxygen atoms in total. The lowest BCUT2D eigenvalue weighted by Gasteiger charge is -2.05. The highest BCUT2D eigenvalue weighted by Gasteiger charge is 2.17. The molecule has 0 radical (unpaired) electrons. The predicted octanol–water partition coefficient (Wildman–Crippen LogP) is 3.78. The number of carboxylic acids is 1. The van der Waals surface area contributed by atoms with E-state index >= 15 is 0 Å². The maximum absolute atomic E-state index is 11.3. The van der Waals surface area contributed by atoms with Gasteiger partial charge in [-0.05, 0) is 32.0 Å². The van der Waals surface area contributed by atoms with Crippen LogP contribution >= 0.6 is 11.3 Å². The van der Waals surface area contributed by atoms with Gasteiger partial charge < -0.3 is 14.3 Å². The molecule has 0 atom stereocenters. The Bertz CT molecular complexity index is 818. The number of hydrogen-bond donors (Lipinski definition) is 1. The van der Waals surface area contributed by atoms with E-state index in [0.717, 1.165) is 10.6 Å². The Hall–Kier alpha value is -2.34. The molecule has 0 amide bonds. The lowest BCUT2D eigenvalue weighted by Crippen LogP contribution is -1.98. The summed E-state index contributed by atoms with van der Waals surface area (Å²) in [6.45, 7) is 3.99. The molecular formula is C15H13NO4S. The molecule has 3 aromatic rings. The lowest BCUT2D eigenvalue weighted by atomic mass is 10.1. The third kappa shape index (κ3) is 2.50. The molecule has 0 aliphatic carbocycles. The van der Waals surface area contributed by atoms with Gasteiger partial charge in [0.15, 0.2) is 0 Å². The number of aryl methyl sites for hydroxylation is 2. The van der Waals surface area contributed by atoms with Crippen LogP contribution in [-0.2, 0) is 6.61 Å². The van der Waals surface area contributed by atoms with Gasteiger partial charge in [-0.2, -0.15) is 0 Å². The summed E-state index contributed by atoms with van der Waals surface area (Å²) in [4.78, 5) is 16.6. The van der Waals surface area contributed by atoms with Crippen LogP contribution in [0.25, 0.3) is 11.0 Å². The van der Waals surface area contributed by atoms with E-state index in [0.29, 0.717) is 29.1 Å². The molecule has 3 rings (SSSR count). The monoisotopic (exact) mass is 303 g/mol. The number of nitrogens with zero attached hydrogens (tertiary/aromatic N) is 1. The third-order valence-corrected chi connectivity index (χ3v) is 4.07. The minimum atomic E-state index is -1.00. The van der Waals surface area contributed by atoms with E-state index in [9.17, 15) is 9.90 Å². The van der Waals surface area contributed by atoms with Crippen LogP contribution in [0.2, 0.25) is 0 Å². The zero-order valence-electron chi connectivity index (χ0n) is 11.5. The second-order valence-electron chi connectivity index (χ2n) is 4.64. The van der Waals surface area contributed by atoms with Crippen molar-refractivity contribution < 1.29 is 19.1 Å². The molecule has 0 saturated carbocycles. The summed E-state index contributed by atoms with van der Waals surface area (Å²) < 4.78 is 11.1. The second kappa shape index (κ2) is 5.21. The molecule has 21 heavy (non-hydrogen) atoms. The van der Waals surface area contributed by atoms with Crippen LogP contribution in [0.1, 0.15) is 26.7 Å². The molecule has 1 N–H and O–H groups in total. The van der Waals surface area contributed by atoms with Gasteiger partial charge in [0.25, 0.3) is 0 Å². The highest BCUT2D eigenvalue weighted by Crippen LogP contribution is 2.29. The summed E-state index contributed by atoms with van der Waals surface area (Å²) in [6, 6.07) is 5.17. The fraction of sp³-hybridized carbons (Fsp3) is 0.200. The minimum Gasteiger partial charge on any atom is -0.487 e. The van der Waals surface area contributed by atoms with Crippen molar-refractivity contribution >= 4 is 28.3 Å². The molecule has 0 fully saturated rings. The summed E-state index contributed by atoms with van der Waals surface area (Å²) in [7, 11) is 0. The SMILES string of the molecule is Cc1oc2ccc(OCc3ncsc3C)cc2c1C(=O)O. The number of furan rings is 1. The molecule has 0 aliphatic rings. The van der Waals surface area contributed by atoms with E-state index in [1.807, 2.05) is 6.92 Å². The van der Waals surface area contributed by atoms with Crippen molar-refractivity contribution in [3.63, 3.8) is 0 Å². The molecule has 0 saturated heterocycles. The molecule has 0 spiro atoms. The number of carbonyl (C=O) groups is 1. The average molecular weight is 303 g/mol. The van der Waals surface area contributed by atoms with Crippen LogP contribution in [0.3, 0.4) is 0 Å². The van der Waals surface area contributed by atoms with E-state index in [4.69, 9.17) is 9.15 Å². The van der Waals surface area contributed by atoms with Crippen LogP contribution < -0.4 is 4.74 Å². The molecular weight excluding hydrogens is 290 g/mol. The van der Waals surface area contributed by atoms with Crippen molar-refractivity contribution in [2.75, 3.05) is 0 Å². The van der Waals surface area contributed by atoms with E-state index in [1.165, 1.54) is 0 Å². The van der Waals surface area contributed by atoms with Crippen molar-refractivity contribution in [1.29, 1.82) is 0 Å². The highest BCUT2D eigenvalue weighted by molar-refractivity contribution is 7.09. The van der Waals surface area contributed by atoms with E-state index < -0.39 is 5.97 Å². The molecule has 0 aliphatic heterocycles. The quantitative estimate of drug-likeness (QED) is 0.794. The van der Waals surface area contributed by atoms with Crippen molar-refractivity contribution in [3.05, 3.63) is 45.6 Å². The first-order valence-electron chi connectivity index (χ1n) is 6.34. The molecule has 0 bridgehead atoms. The van der Waals surface area contributed by atoms with Crippen LogP contribution in [0.15, 0.2) is 28.1 Å². The number of aromatic nitrogens is 1. The van der Waals surface area contributed by atoms with Gasteiger partial charge in [0.05, 0.1) is 11.2 Å². The van der Waals surface area contributed by atoms with Gasteiger partial charge in [-0.3, -0.25) is 0 Å². The van der Waals surface area contributed by atoms with Crippen LogP contribution in [0.4, 0.5) is 0 Å². The van der Waals surface area contributed by atoms with Gasteiger partial charge in [-0.25, -0.2) is 9.78 Å². The maximum atomic E-state index is 11.3. The zero-order chi connectivity index (χ0) is 15.0. The van der Waals surface area contributed by atoms with Gasteiger partial charge >= 0.3 is 5.97 Å². The maximum Gasteiger partial charge on any atom is 0.339 e. The van der Waals surface area contributed by atoms with Crippen molar-refractivity contribution in [3.8, 4) is 5.75 Å². The number of benzene rings is 1. The zero-order valence-corrected chi connectivity index (χ0v) is 12.4. The Kier molecular flexibility index (Phi) is 3.39. The summed E-state index contributed by atoms with van der Waals surface area (Å²) in [5, 5.41) is 9.80. The lowest BCUT2D eigenvalue weighted by molar-refractivity contribution is 0.0697. The first-order chi connectivity index (χ1) is 10.1. The largest absolute Gasteiger partial charge is 0.487 e. The number of ether oxygens (including phenoxy) is 1. The van der Waals surface area contributed by atoms with Gasteiger partial charge in [-0.1, -0.05) is 0 Å². The summed E-state index contributed by atoms with van der Waals surface area (Å²) in [5.41, 5.74) is 3.39. The van der Waals surface area contributed by atoms with Gasteiger partial charge in [0, 0.05) is 10.3 Å². The van der Waals surface area contributed by atoms with Crippen molar-refractivity contribution in [1.82, 2.24) is 4.98 Å². The summed E-state index contributed by atoms with van der Waals surface area (Å²) in [6.07, 6.45) is 0. The van der Waals surface area contributed by atoms with Gasteiger partial charge in [-0.15, -0.1) is 11.3 Å². The molecule has 2 heterocycles. The highest BCUT2D eigenvalue weighted by atomic mass is 32.1. The number of fused-ring (bicyclic) bond motifs is 1. The number of hydrogen-bond acceptors (Lipinski definition) is 5. The van der Waals surface area contributed by atoms with Crippen LogP contribution in [0, 0.1) is 13.8 Å². The first-order valence-corrected chi connectivity index (χ1v) is 7.22. The second-order valence-corrected chi connectivity index (χ2v) is 5.70. The van der Waals surface area contributed by atoms with E-state index in [2.05, 4.69) is 4.98 Å². The summed E-state index contributed by atoms with van der Waals surface area (Å²) >= 11 is 1.57. The van der Waals surface area contributed by atoms with Crippen molar-refractivity contribution in [2.45, 2.75) is 20.5 Å². The number of thiazole rings is 1.